The predicted molar refractivity (Wildman–Crippen MR) is 59.8 cm³/mol. The quantitative estimate of drug-likeness (QED) is 0.750. The molecule has 0 spiro atoms. The van der Waals surface area contributed by atoms with Crippen LogP contribution in [0.15, 0.2) is 11.7 Å². The molecule has 3 nitrogen and oxygen atoms in total. The third-order valence-corrected chi connectivity index (χ3v) is 2.75. The van der Waals surface area contributed by atoms with Crippen molar-refractivity contribution in [2.75, 3.05) is 19.8 Å². The second-order valence-corrected chi connectivity index (χ2v) is 4.06. The minimum atomic E-state index is 0.417. The highest BCUT2D eigenvalue weighted by Crippen LogP contribution is 2.08. The van der Waals surface area contributed by atoms with Gasteiger partial charge in [0.15, 0.2) is 0 Å². The van der Waals surface area contributed by atoms with Gasteiger partial charge in [0.05, 0.1) is 12.1 Å². The first-order valence-electron chi connectivity index (χ1n) is 5.05. The number of hydrogen-bond donors (Lipinski definition) is 1. The Morgan fingerprint density at radius 3 is 3.00 bits per heavy atom. The molecule has 4 heteroatoms. The molecule has 1 N–H and O–H groups in total. The third-order valence-electron chi connectivity index (χ3n) is 1.95. The van der Waals surface area contributed by atoms with Gasteiger partial charge in [0.25, 0.3) is 0 Å². The van der Waals surface area contributed by atoms with Gasteiger partial charge < -0.3 is 10.1 Å². The Morgan fingerprint density at radius 1 is 1.57 bits per heavy atom. The van der Waals surface area contributed by atoms with E-state index in [4.69, 9.17) is 4.74 Å². The van der Waals surface area contributed by atoms with Crippen molar-refractivity contribution in [3.63, 3.8) is 0 Å². The van der Waals surface area contributed by atoms with E-state index in [0.29, 0.717) is 6.04 Å². The number of aromatic nitrogens is 1. The summed E-state index contributed by atoms with van der Waals surface area (Å²) < 4.78 is 5.42. The Hall–Kier alpha value is -0.450. The molecule has 0 radical (unpaired) electrons. The standard InChI is InChI=1S/C10H18N2OS/c1-3-12-9(7-13-4-2)5-10-6-11-8-14-10/h6,8-9,12H,3-5,7H2,1-2H3. The summed E-state index contributed by atoms with van der Waals surface area (Å²) in [5, 5.41) is 3.41. The molecule has 0 aliphatic heterocycles. The van der Waals surface area contributed by atoms with Gasteiger partial charge in [0.1, 0.15) is 0 Å². The van der Waals surface area contributed by atoms with Crippen LogP contribution in [0, 0.1) is 0 Å². The Bertz CT molecular complexity index is 226. The van der Waals surface area contributed by atoms with Crippen molar-refractivity contribution in [3.05, 3.63) is 16.6 Å². The van der Waals surface area contributed by atoms with Crippen molar-refractivity contribution in [1.29, 1.82) is 0 Å². The predicted octanol–water partition coefficient (Wildman–Crippen LogP) is 1.70. The zero-order chi connectivity index (χ0) is 10.2. The molecule has 0 aliphatic rings. The van der Waals surface area contributed by atoms with Crippen LogP contribution in [0.5, 0.6) is 0 Å². The van der Waals surface area contributed by atoms with Crippen LogP contribution in [0.25, 0.3) is 0 Å². The molecule has 0 amide bonds. The number of rotatable bonds is 7. The first-order chi connectivity index (χ1) is 6.86. The van der Waals surface area contributed by atoms with E-state index in [-0.39, 0.29) is 0 Å². The smallest absolute Gasteiger partial charge is 0.0794 e. The van der Waals surface area contributed by atoms with Crippen molar-refractivity contribution >= 4 is 11.3 Å². The van der Waals surface area contributed by atoms with E-state index in [9.17, 15) is 0 Å². The van der Waals surface area contributed by atoms with E-state index in [1.165, 1.54) is 4.88 Å². The highest BCUT2D eigenvalue weighted by Gasteiger charge is 2.08. The van der Waals surface area contributed by atoms with Crippen molar-refractivity contribution in [1.82, 2.24) is 10.3 Å². The van der Waals surface area contributed by atoms with Gasteiger partial charge >= 0.3 is 0 Å². The first-order valence-corrected chi connectivity index (χ1v) is 5.93. The number of ether oxygens (including phenoxy) is 1. The van der Waals surface area contributed by atoms with Gasteiger partial charge in [-0.2, -0.15) is 0 Å². The molecule has 1 heterocycles. The molecule has 80 valence electrons. The fourth-order valence-electron chi connectivity index (χ4n) is 1.32. The number of nitrogens with zero attached hydrogens (tertiary/aromatic N) is 1. The van der Waals surface area contributed by atoms with Crippen LogP contribution in [0.1, 0.15) is 18.7 Å². The van der Waals surface area contributed by atoms with Crippen LogP contribution >= 0.6 is 11.3 Å². The van der Waals surface area contributed by atoms with Gasteiger partial charge in [-0.25, -0.2) is 0 Å². The van der Waals surface area contributed by atoms with E-state index < -0.39 is 0 Å². The number of hydrogen-bond acceptors (Lipinski definition) is 4. The van der Waals surface area contributed by atoms with Crippen LogP contribution in [-0.4, -0.2) is 30.8 Å². The first kappa shape index (κ1) is 11.6. The van der Waals surface area contributed by atoms with E-state index in [1.807, 2.05) is 18.6 Å². The molecule has 1 rings (SSSR count). The molecular weight excluding hydrogens is 196 g/mol. The molecule has 0 aromatic carbocycles. The molecule has 0 fully saturated rings. The van der Waals surface area contributed by atoms with Crippen LogP contribution < -0.4 is 5.32 Å². The maximum absolute atomic E-state index is 5.42. The van der Waals surface area contributed by atoms with Crippen molar-refractivity contribution in [2.45, 2.75) is 26.3 Å². The van der Waals surface area contributed by atoms with Crippen LogP contribution in [0.2, 0.25) is 0 Å². The van der Waals surface area contributed by atoms with E-state index in [1.54, 1.807) is 11.3 Å². The number of thiazole rings is 1. The number of nitrogens with one attached hydrogen (secondary N) is 1. The van der Waals surface area contributed by atoms with Gasteiger partial charge in [-0.15, -0.1) is 11.3 Å². The average Bonchev–Trinajstić information content (AvgIpc) is 2.67. The minimum Gasteiger partial charge on any atom is -0.380 e. The summed E-state index contributed by atoms with van der Waals surface area (Å²) in [6.07, 6.45) is 2.94. The summed E-state index contributed by atoms with van der Waals surface area (Å²) in [5.41, 5.74) is 1.87. The van der Waals surface area contributed by atoms with Gasteiger partial charge in [0.2, 0.25) is 0 Å². The SMILES string of the molecule is CCNC(COCC)Cc1cncs1. The molecule has 0 saturated carbocycles. The van der Waals surface area contributed by atoms with Crippen molar-refractivity contribution < 1.29 is 4.74 Å². The molecule has 1 aromatic rings. The highest BCUT2D eigenvalue weighted by atomic mass is 32.1. The molecule has 0 aliphatic carbocycles. The maximum atomic E-state index is 5.42. The fraction of sp³-hybridized carbons (Fsp3) is 0.700. The van der Waals surface area contributed by atoms with Crippen LogP contribution in [0.3, 0.4) is 0 Å². The molecule has 0 saturated heterocycles. The lowest BCUT2D eigenvalue weighted by Crippen LogP contribution is -2.35. The van der Waals surface area contributed by atoms with Crippen LogP contribution in [0.4, 0.5) is 0 Å². The average molecular weight is 214 g/mol. The summed E-state index contributed by atoms with van der Waals surface area (Å²) in [4.78, 5) is 5.38. The second-order valence-electron chi connectivity index (χ2n) is 3.09. The maximum Gasteiger partial charge on any atom is 0.0794 e. The summed E-state index contributed by atoms with van der Waals surface area (Å²) in [7, 11) is 0. The van der Waals surface area contributed by atoms with Crippen molar-refractivity contribution in [2.24, 2.45) is 0 Å². The fourth-order valence-corrected chi connectivity index (χ4v) is 2.00. The summed E-state index contributed by atoms with van der Waals surface area (Å²) in [5.74, 6) is 0. The van der Waals surface area contributed by atoms with Gasteiger partial charge in [-0.05, 0) is 13.5 Å². The lowest BCUT2D eigenvalue weighted by molar-refractivity contribution is 0.123. The van der Waals surface area contributed by atoms with Gasteiger partial charge in [0, 0.05) is 30.1 Å². The topological polar surface area (TPSA) is 34.1 Å². The van der Waals surface area contributed by atoms with E-state index >= 15 is 0 Å². The Labute approximate surface area is 89.5 Å². The zero-order valence-electron chi connectivity index (χ0n) is 8.82. The zero-order valence-corrected chi connectivity index (χ0v) is 9.64. The van der Waals surface area contributed by atoms with Gasteiger partial charge in [-0.3, -0.25) is 4.98 Å². The summed E-state index contributed by atoms with van der Waals surface area (Å²) >= 11 is 1.70. The Morgan fingerprint density at radius 2 is 2.43 bits per heavy atom. The normalized spacial score (nSPS) is 13.0. The van der Waals surface area contributed by atoms with E-state index in [2.05, 4.69) is 17.2 Å². The lowest BCUT2D eigenvalue weighted by atomic mass is 10.2. The van der Waals surface area contributed by atoms with Crippen molar-refractivity contribution in [3.8, 4) is 0 Å². The second kappa shape index (κ2) is 6.92. The summed E-state index contributed by atoms with van der Waals surface area (Å²) in [6, 6.07) is 0.417. The van der Waals surface area contributed by atoms with Gasteiger partial charge in [-0.1, -0.05) is 6.92 Å². The van der Waals surface area contributed by atoms with E-state index in [0.717, 1.165) is 26.2 Å². The molecule has 1 aromatic heterocycles. The van der Waals surface area contributed by atoms with Crippen LogP contribution in [-0.2, 0) is 11.2 Å². The molecule has 1 unspecified atom stereocenters. The number of likely N-dealkylation sites (N-methyl/N-ethyl adjacent to an activating group) is 1. The molecular formula is C10H18N2OS. The highest BCUT2D eigenvalue weighted by molar-refractivity contribution is 7.09. The third kappa shape index (κ3) is 4.17. The Kier molecular flexibility index (Phi) is 5.75. The molecule has 0 bridgehead atoms. The lowest BCUT2D eigenvalue weighted by Gasteiger charge is -2.16. The largest absolute Gasteiger partial charge is 0.380 e. The monoisotopic (exact) mass is 214 g/mol. The Balaban J connectivity index is 2.34. The molecule has 14 heavy (non-hydrogen) atoms. The molecule has 1 atom stereocenters. The summed E-state index contributed by atoms with van der Waals surface area (Å²) in [6.45, 7) is 6.69. The minimum absolute atomic E-state index is 0.417.